The molecule has 1 atom stereocenters. The van der Waals surface area contributed by atoms with Crippen LogP contribution >= 0.6 is 11.3 Å². The molecule has 1 saturated carbocycles. The summed E-state index contributed by atoms with van der Waals surface area (Å²) in [5, 5.41) is 4.73. The molecule has 2 nitrogen and oxygen atoms in total. The Bertz CT molecular complexity index is 514. The van der Waals surface area contributed by atoms with E-state index in [0.717, 1.165) is 16.4 Å². The highest BCUT2D eigenvalue weighted by molar-refractivity contribution is 7.18. The minimum absolute atomic E-state index is 0.603. The summed E-state index contributed by atoms with van der Waals surface area (Å²) in [5.74, 6) is 0.888. The summed E-state index contributed by atoms with van der Waals surface area (Å²) < 4.78 is 1.28. The van der Waals surface area contributed by atoms with Gasteiger partial charge in [-0.1, -0.05) is 0 Å². The van der Waals surface area contributed by atoms with Crippen LogP contribution in [0.15, 0.2) is 18.2 Å². The van der Waals surface area contributed by atoms with Crippen LogP contribution in [-0.4, -0.2) is 11.0 Å². The fourth-order valence-corrected chi connectivity index (χ4v) is 2.97. The quantitative estimate of drug-likeness (QED) is 0.870. The third kappa shape index (κ3) is 1.92. The molecule has 84 valence electrons. The SMILES string of the molecule is Cc1nc2ccc(NC(C)C3CC3)cc2s1. The smallest absolute Gasteiger partial charge is 0.0907 e. The Hall–Kier alpha value is -1.09. The molecule has 0 radical (unpaired) electrons. The zero-order valence-electron chi connectivity index (χ0n) is 9.66. The van der Waals surface area contributed by atoms with Gasteiger partial charge in [-0.15, -0.1) is 11.3 Å². The summed E-state index contributed by atoms with van der Waals surface area (Å²) in [4.78, 5) is 4.47. The molecule has 0 amide bonds. The van der Waals surface area contributed by atoms with Gasteiger partial charge < -0.3 is 5.32 Å². The van der Waals surface area contributed by atoms with Gasteiger partial charge in [0, 0.05) is 11.7 Å². The summed E-state index contributed by atoms with van der Waals surface area (Å²) in [5.41, 5.74) is 2.35. The molecular weight excluding hydrogens is 216 g/mol. The third-order valence-corrected chi connectivity index (χ3v) is 4.15. The minimum Gasteiger partial charge on any atom is -0.382 e. The molecule has 0 saturated heterocycles. The Morgan fingerprint density at radius 2 is 2.25 bits per heavy atom. The fourth-order valence-electron chi connectivity index (χ4n) is 2.11. The lowest BCUT2D eigenvalue weighted by Gasteiger charge is -2.13. The van der Waals surface area contributed by atoms with Crippen LogP contribution in [0.5, 0.6) is 0 Å². The summed E-state index contributed by atoms with van der Waals surface area (Å²) in [6.45, 7) is 4.34. The molecule has 1 N–H and O–H groups in total. The Morgan fingerprint density at radius 3 is 3.00 bits per heavy atom. The van der Waals surface area contributed by atoms with Gasteiger partial charge >= 0.3 is 0 Å². The lowest BCUT2D eigenvalue weighted by atomic mass is 10.2. The zero-order chi connectivity index (χ0) is 11.1. The highest BCUT2D eigenvalue weighted by Gasteiger charge is 2.27. The van der Waals surface area contributed by atoms with Crippen molar-refractivity contribution in [1.82, 2.24) is 4.98 Å². The number of nitrogens with one attached hydrogen (secondary N) is 1. The molecule has 1 aliphatic carbocycles. The van der Waals surface area contributed by atoms with Crippen molar-refractivity contribution < 1.29 is 0 Å². The summed E-state index contributed by atoms with van der Waals surface area (Å²) in [6, 6.07) is 7.08. The number of hydrogen-bond donors (Lipinski definition) is 1. The maximum Gasteiger partial charge on any atom is 0.0907 e. The molecule has 16 heavy (non-hydrogen) atoms. The molecule has 1 unspecified atom stereocenters. The van der Waals surface area contributed by atoms with Gasteiger partial charge in [0.05, 0.1) is 15.2 Å². The van der Waals surface area contributed by atoms with E-state index in [4.69, 9.17) is 0 Å². The maximum absolute atomic E-state index is 4.47. The molecule has 3 rings (SSSR count). The van der Waals surface area contributed by atoms with Gasteiger partial charge in [-0.3, -0.25) is 0 Å². The Morgan fingerprint density at radius 1 is 1.44 bits per heavy atom. The number of thiazole rings is 1. The highest BCUT2D eigenvalue weighted by Crippen LogP contribution is 2.34. The van der Waals surface area contributed by atoms with E-state index in [9.17, 15) is 0 Å². The number of hydrogen-bond acceptors (Lipinski definition) is 3. The molecular formula is C13H16N2S. The standard InChI is InChI=1S/C13H16N2S/c1-8(10-3-4-10)14-11-5-6-12-13(7-11)16-9(2)15-12/h5-8,10,14H,3-4H2,1-2H3. The number of benzene rings is 1. The average Bonchev–Trinajstić information content (AvgIpc) is 3.01. The first-order valence-electron chi connectivity index (χ1n) is 5.86. The topological polar surface area (TPSA) is 24.9 Å². The molecule has 1 aliphatic rings. The van der Waals surface area contributed by atoms with Crippen LogP contribution in [-0.2, 0) is 0 Å². The van der Waals surface area contributed by atoms with Crippen LogP contribution in [0.25, 0.3) is 10.2 Å². The van der Waals surface area contributed by atoms with Crippen LogP contribution in [0.4, 0.5) is 5.69 Å². The van der Waals surface area contributed by atoms with E-state index in [2.05, 4.69) is 42.3 Å². The first-order valence-corrected chi connectivity index (χ1v) is 6.68. The van der Waals surface area contributed by atoms with E-state index < -0.39 is 0 Å². The van der Waals surface area contributed by atoms with Gasteiger partial charge in [0.25, 0.3) is 0 Å². The Kier molecular flexibility index (Phi) is 2.36. The predicted octanol–water partition coefficient (Wildman–Crippen LogP) is 3.82. The number of anilines is 1. The molecule has 1 aromatic heterocycles. The van der Waals surface area contributed by atoms with Crippen molar-refractivity contribution >= 4 is 27.2 Å². The van der Waals surface area contributed by atoms with Crippen molar-refractivity contribution in [3.8, 4) is 0 Å². The molecule has 1 heterocycles. The van der Waals surface area contributed by atoms with E-state index in [1.807, 2.05) is 0 Å². The van der Waals surface area contributed by atoms with Gasteiger partial charge in [0.15, 0.2) is 0 Å². The van der Waals surface area contributed by atoms with Gasteiger partial charge in [0.1, 0.15) is 0 Å². The Balaban J connectivity index is 1.86. The second-order valence-corrected chi connectivity index (χ2v) is 5.92. The van der Waals surface area contributed by atoms with Crippen LogP contribution in [0.2, 0.25) is 0 Å². The lowest BCUT2D eigenvalue weighted by Crippen LogP contribution is -2.16. The second kappa shape index (κ2) is 3.74. The monoisotopic (exact) mass is 232 g/mol. The van der Waals surface area contributed by atoms with Crippen molar-refractivity contribution in [2.45, 2.75) is 32.7 Å². The molecule has 0 spiro atoms. The number of aryl methyl sites for hydroxylation is 1. The molecule has 2 aromatic rings. The summed E-state index contributed by atoms with van der Waals surface area (Å²) >= 11 is 1.77. The first kappa shape index (κ1) is 10.1. The predicted molar refractivity (Wildman–Crippen MR) is 70.2 cm³/mol. The molecule has 0 bridgehead atoms. The van der Waals surface area contributed by atoms with Crippen molar-refractivity contribution in [1.29, 1.82) is 0 Å². The largest absolute Gasteiger partial charge is 0.382 e. The van der Waals surface area contributed by atoms with E-state index in [1.165, 1.54) is 23.2 Å². The minimum atomic E-state index is 0.603. The van der Waals surface area contributed by atoms with Crippen molar-refractivity contribution in [3.63, 3.8) is 0 Å². The molecule has 1 aromatic carbocycles. The highest BCUT2D eigenvalue weighted by atomic mass is 32.1. The fraction of sp³-hybridized carbons (Fsp3) is 0.462. The van der Waals surface area contributed by atoms with Crippen LogP contribution in [0.1, 0.15) is 24.8 Å². The van der Waals surface area contributed by atoms with E-state index in [-0.39, 0.29) is 0 Å². The number of rotatable bonds is 3. The third-order valence-electron chi connectivity index (χ3n) is 3.22. The van der Waals surface area contributed by atoms with Crippen LogP contribution in [0, 0.1) is 12.8 Å². The lowest BCUT2D eigenvalue weighted by molar-refractivity contribution is 0.694. The van der Waals surface area contributed by atoms with Crippen LogP contribution in [0.3, 0.4) is 0 Å². The second-order valence-electron chi connectivity index (χ2n) is 4.69. The number of nitrogens with zero attached hydrogens (tertiary/aromatic N) is 1. The van der Waals surface area contributed by atoms with E-state index in [1.54, 1.807) is 11.3 Å². The normalized spacial score (nSPS) is 17.6. The zero-order valence-corrected chi connectivity index (χ0v) is 10.5. The Labute approximate surface area is 99.7 Å². The van der Waals surface area contributed by atoms with Gasteiger partial charge in [-0.2, -0.15) is 0 Å². The first-order chi connectivity index (χ1) is 7.72. The van der Waals surface area contributed by atoms with Crippen molar-refractivity contribution in [2.75, 3.05) is 5.32 Å². The molecule has 3 heteroatoms. The van der Waals surface area contributed by atoms with Gasteiger partial charge in [0.2, 0.25) is 0 Å². The summed E-state index contributed by atoms with van der Waals surface area (Å²) in [7, 11) is 0. The number of fused-ring (bicyclic) bond motifs is 1. The van der Waals surface area contributed by atoms with E-state index in [0.29, 0.717) is 6.04 Å². The average molecular weight is 232 g/mol. The van der Waals surface area contributed by atoms with E-state index >= 15 is 0 Å². The number of aromatic nitrogens is 1. The van der Waals surface area contributed by atoms with Gasteiger partial charge in [-0.25, -0.2) is 4.98 Å². The van der Waals surface area contributed by atoms with Crippen LogP contribution < -0.4 is 5.32 Å². The van der Waals surface area contributed by atoms with Gasteiger partial charge in [-0.05, 0) is 50.8 Å². The molecule has 0 aliphatic heterocycles. The molecule has 1 fully saturated rings. The van der Waals surface area contributed by atoms with Crippen molar-refractivity contribution in [3.05, 3.63) is 23.2 Å². The maximum atomic E-state index is 4.47. The summed E-state index contributed by atoms with van der Waals surface area (Å²) in [6.07, 6.45) is 2.77. The van der Waals surface area contributed by atoms with Crippen molar-refractivity contribution in [2.24, 2.45) is 5.92 Å².